The first-order chi connectivity index (χ1) is 9.16. The molecule has 0 amide bonds. The van der Waals surface area contributed by atoms with Gasteiger partial charge < -0.3 is 15.2 Å². The number of aromatic nitrogens is 1. The number of aliphatic hydroxyl groups excluding tert-OH is 1. The lowest BCUT2D eigenvalue weighted by molar-refractivity contribution is -0.137. The maximum atomic E-state index is 10.4. The number of aromatic amines is 1. The van der Waals surface area contributed by atoms with Gasteiger partial charge in [0.1, 0.15) is 6.23 Å². The van der Waals surface area contributed by atoms with Crippen LogP contribution >= 0.6 is 0 Å². The van der Waals surface area contributed by atoms with Crippen molar-refractivity contribution in [3.63, 3.8) is 0 Å². The third-order valence-corrected chi connectivity index (χ3v) is 3.08. The molecule has 0 bridgehead atoms. The smallest absolute Gasteiger partial charge is 0.303 e. The van der Waals surface area contributed by atoms with Crippen molar-refractivity contribution in [3.05, 3.63) is 36.0 Å². The summed E-state index contributed by atoms with van der Waals surface area (Å²) in [4.78, 5) is 13.6. The Bertz CT molecular complexity index is 550. The quantitative estimate of drug-likeness (QED) is 0.569. The number of carboxylic acids is 1. The zero-order valence-corrected chi connectivity index (χ0v) is 10.6. The van der Waals surface area contributed by atoms with Crippen molar-refractivity contribution >= 4 is 16.9 Å². The Morgan fingerprint density at radius 1 is 1.37 bits per heavy atom. The minimum atomic E-state index is -0.891. The van der Waals surface area contributed by atoms with Crippen LogP contribution in [0.3, 0.4) is 0 Å². The zero-order valence-electron chi connectivity index (χ0n) is 10.6. The van der Waals surface area contributed by atoms with Crippen LogP contribution < -0.4 is 5.32 Å². The van der Waals surface area contributed by atoms with Gasteiger partial charge in [0.15, 0.2) is 0 Å². The Hall–Kier alpha value is -1.85. The molecular formula is C14H18N2O3. The van der Waals surface area contributed by atoms with E-state index < -0.39 is 12.2 Å². The van der Waals surface area contributed by atoms with E-state index >= 15 is 0 Å². The Kier molecular flexibility index (Phi) is 4.54. The van der Waals surface area contributed by atoms with Gasteiger partial charge in [-0.3, -0.25) is 10.1 Å². The number of aliphatic hydroxyl groups is 1. The Balaban J connectivity index is 1.81. The van der Waals surface area contributed by atoms with E-state index in [1.165, 1.54) is 10.9 Å². The summed E-state index contributed by atoms with van der Waals surface area (Å²) in [5, 5.41) is 22.2. The molecule has 4 N–H and O–H groups in total. The van der Waals surface area contributed by atoms with E-state index in [9.17, 15) is 9.90 Å². The summed E-state index contributed by atoms with van der Waals surface area (Å²) in [7, 11) is 0. The minimum absolute atomic E-state index is 0.0265. The van der Waals surface area contributed by atoms with Gasteiger partial charge in [-0.15, -0.1) is 0 Å². The minimum Gasteiger partial charge on any atom is -0.481 e. The average Bonchev–Trinajstić information content (AvgIpc) is 2.80. The monoisotopic (exact) mass is 262 g/mol. The molecule has 0 aliphatic carbocycles. The highest BCUT2D eigenvalue weighted by molar-refractivity contribution is 5.83. The first-order valence-corrected chi connectivity index (χ1v) is 6.35. The van der Waals surface area contributed by atoms with Crippen LogP contribution in [0, 0.1) is 0 Å². The van der Waals surface area contributed by atoms with Crippen LogP contribution in [-0.4, -0.2) is 33.9 Å². The lowest BCUT2D eigenvalue weighted by Gasteiger charge is -2.11. The van der Waals surface area contributed by atoms with E-state index in [-0.39, 0.29) is 12.8 Å². The van der Waals surface area contributed by atoms with Gasteiger partial charge in [0.25, 0.3) is 0 Å². The highest BCUT2D eigenvalue weighted by Gasteiger charge is 2.07. The summed E-state index contributed by atoms with van der Waals surface area (Å²) >= 11 is 0. The maximum Gasteiger partial charge on any atom is 0.303 e. The van der Waals surface area contributed by atoms with Crippen LogP contribution in [0.15, 0.2) is 30.5 Å². The number of H-pyrrole nitrogens is 1. The van der Waals surface area contributed by atoms with Crippen LogP contribution in [0.2, 0.25) is 0 Å². The molecule has 2 aromatic rings. The molecule has 5 heteroatoms. The molecule has 0 aliphatic rings. The number of hydrogen-bond donors (Lipinski definition) is 4. The van der Waals surface area contributed by atoms with E-state index in [0.29, 0.717) is 6.54 Å². The fourth-order valence-electron chi connectivity index (χ4n) is 2.07. The van der Waals surface area contributed by atoms with Crippen molar-refractivity contribution in [1.29, 1.82) is 0 Å². The predicted octanol–water partition coefficient (Wildman–Crippen LogP) is 1.48. The summed E-state index contributed by atoms with van der Waals surface area (Å²) in [6, 6.07) is 8.06. The van der Waals surface area contributed by atoms with Gasteiger partial charge in [-0.25, -0.2) is 0 Å². The zero-order chi connectivity index (χ0) is 13.7. The molecule has 5 nitrogen and oxygen atoms in total. The predicted molar refractivity (Wildman–Crippen MR) is 72.9 cm³/mol. The summed E-state index contributed by atoms with van der Waals surface area (Å²) in [5.41, 5.74) is 2.29. The van der Waals surface area contributed by atoms with Crippen LogP contribution in [0.5, 0.6) is 0 Å². The fourth-order valence-corrected chi connectivity index (χ4v) is 2.07. The maximum absolute atomic E-state index is 10.4. The number of fused-ring (bicyclic) bond motifs is 1. The third kappa shape index (κ3) is 3.81. The van der Waals surface area contributed by atoms with Gasteiger partial charge >= 0.3 is 5.97 Å². The number of carboxylic acid groups (broad SMARTS) is 1. The summed E-state index contributed by atoms with van der Waals surface area (Å²) < 4.78 is 0. The second-order valence-electron chi connectivity index (χ2n) is 4.51. The molecule has 0 fully saturated rings. The lowest BCUT2D eigenvalue weighted by atomic mass is 10.1. The van der Waals surface area contributed by atoms with Crippen molar-refractivity contribution in [3.8, 4) is 0 Å². The van der Waals surface area contributed by atoms with E-state index in [2.05, 4.69) is 16.4 Å². The van der Waals surface area contributed by atoms with Crippen molar-refractivity contribution in [2.45, 2.75) is 25.5 Å². The van der Waals surface area contributed by atoms with Gasteiger partial charge in [0.2, 0.25) is 0 Å². The molecule has 0 radical (unpaired) electrons. The molecule has 1 aromatic carbocycles. The van der Waals surface area contributed by atoms with E-state index in [0.717, 1.165) is 11.9 Å². The number of para-hydroxylation sites is 1. The molecule has 1 aromatic heterocycles. The molecule has 1 atom stereocenters. The summed E-state index contributed by atoms with van der Waals surface area (Å²) in [5.74, 6) is -0.891. The van der Waals surface area contributed by atoms with Crippen LogP contribution in [0.4, 0.5) is 0 Å². The molecule has 1 heterocycles. The molecule has 0 saturated heterocycles. The van der Waals surface area contributed by atoms with Crippen LogP contribution in [0.1, 0.15) is 18.4 Å². The second kappa shape index (κ2) is 6.36. The molecule has 102 valence electrons. The van der Waals surface area contributed by atoms with Gasteiger partial charge in [-0.05, 0) is 24.5 Å². The molecule has 2 rings (SSSR count). The van der Waals surface area contributed by atoms with Gasteiger partial charge in [0, 0.05) is 30.1 Å². The molecular weight excluding hydrogens is 244 g/mol. The standard InChI is InChI=1S/C14H18N2O3/c17-13(5-6-14(18)19)15-8-7-10-9-16-12-4-2-1-3-11(10)12/h1-4,9,13,15-17H,5-8H2,(H,18,19). The van der Waals surface area contributed by atoms with E-state index in [1.54, 1.807) is 0 Å². The molecule has 1 unspecified atom stereocenters. The topological polar surface area (TPSA) is 85.3 Å². The number of rotatable bonds is 7. The molecule has 0 aliphatic heterocycles. The van der Waals surface area contributed by atoms with Crippen molar-refractivity contribution < 1.29 is 15.0 Å². The highest BCUT2D eigenvalue weighted by atomic mass is 16.4. The third-order valence-electron chi connectivity index (χ3n) is 3.08. The largest absolute Gasteiger partial charge is 0.481 e. The summed E-state index contributed by atoms with van der Waals surface area (Å²) in [6.45, 7) is 0.614. The summed E-state index contributed by atoms with van der Waals surface area (Å²) in [6.07, 6.45) is 2.19. The Morgan fingerprint density at radius 3 is 2.95 bits per heavy atom. The molecule has 0 spiro atoms. The first-order valence-electron chi connectivity index (χ1n) is 6.35. The Labute approximate surface area is 111 Å². The Morgan fingerprint density at radius 2 is 2.16 bits per heavy atom. The number of carbonyl (C=O) groups is 1. The van der Waals surface area contributed by atoms with Crippen molar-refractivity contribution in [2.75, 3.05) is 6.54 Å². The lowest BCUT2D eigenvalue weighted by Crippen LogP contribution is -2.31. The van der Waals surface area contributed by atoms with Crippen molar-refractivity contribution in [2.24, 2.45) is 0 Å². The first kappa shape index (κ1) is 13.6. The van der Waals surface area contributed by atoms with E-state index in [4.69, 9.17) is 5.11 Å². The van der Waals surface area contributed by atoms with Gasteiger partial charge in [-0.2, -0.15) is 0 Å². The van der Waals surface area contributed by atoms with Gasteiger partial charge in [-0.1, -0.05) is 18.2 Å². The second-order valence-corrected chi connectivity index (χ2v) is 4.51. The molecule has 19 heavy (non-hydrogen) atoms. The van der Waals surface area contributed by atoms with Crippen LogP contribution in [-0.2, 0) is 11.2 Å². The highest BCUT2D eigenvalue weighted by Crippen LogP contribution is 2.17. The normalized spacial score (nSPS) is 12.7. The fraction of sp³-hybridized carbons (Fsp3) is 0.357. The number of nitrogens with one attached hydrogen (secondary N) is 2. The molecule has 0 saturated carbocycles. The number of benzene rings is 1. The van der Waals surface area contributed by atoms with E-state index in [1.807, 2.05) is 24.4 Å². The average molecular weight is 262 g/mol. The van der Waals surface area contributed by atoms with Gasteiger partial charge in [0.05, 0.1) is 0 Å². The number of aliphatic carboxylic acids is 1. The van der Waals surface area contributed by atoms with Crippen LogP contribution in [0.25, 0.3) is 10.9 Å². The number of hydrogen-bond acceptors (Lipinski definition) is 3. The van der Waals surface area contributed by atoms with Crippen molar-refractivity contribution in [1.82, 2.24) is 10.3 Å². The SMILES string of the molecule is O=C(O)CCC(O)NCCc1c[nH]c2ccccc12.